The maximum Gasteiger partial charge on any atom is 0.315 e. The van der Waals surface area contributed by atoms with Crippen molar-refractivity contribution < 1.29 is 14.3 Å². The van der Waals surface area contributed by atoms with Crippen molar-refractivity contribution in [2.24, 2.45) is 11.8 Å². The van der Waals surface area contributed by atoms with E-state index in [4.69, 9.17) is 9.52 Å². The van der Waals surface area contributed by atoms with Crippen LogP contribution in [0.4, 0.5) is 4.79 Å². The molecule has 0 saturated carbocycles. The van der Waals surface area contributed by atoms with E-state index < -0.39 is 0 Å². The Morgan fingerprint density at radius 1 is 1.26 bits per heavy atom. The summed E-state index contributed by atoms with van der Waals surface area (Å²) in [5, 5.41) is 15.8. The molecule has 1 heterocycles. The lowest BCUT2D eigenvalue weighted by Gasteiger charge is -2.18. The standard InChI is InChI=1S/C18H26N2O3/c1-13(2)9-14(7-8-21)11-19-18(22)20-12-16-10-15-5-3-4-6-17(15)23-16/h3-6,10,13-14,21H,7-9,11-12H2,1-2H3,(H2,19,20,22). The zero-order valence-electron chi connectivity index (χ0n) is 13.8. The molecule has 5 heteroatoms. The van der Waals surface area contributed by atoms with E-state index in [2.05, 4.69) is 24.5 Å². The van der Waals surface area contributed by atoms with Crippen LogP contribution >= 0.6 is 0 Å². The van der Waals surface area contributed by atoms with Gasteiger partial charge in [0, 0.05) is 18.5 Å². The van der Waals surface area contributed by atoms with E-state index in [1.54, 1.807) is 0 Å². The summed E-state index contributed by atoms with van der Waals surface area (Å²) in [5.41, 5.74) is 0.824. The Kier molecular flexibility index (Phi) is 6.47. The Labute approximate surface area is 137 Å². The predicted octanol–water partition coefficient (Wildman–Crippen LogP) is 3.28. The number of aliphatic hydroxyl groups is 1. The molecule has 23 heavy (non-hydrogen) atoms. The Balaban J connectivity index is 1.77. The number of nitrogens with one attached hydrogen (secondary N) is 2. The van der Waals surface area contributed by atoms with Crippen molar-refractivity contribution in [2.45, 2.75) is 33.2 Å². The summed E-state index contributed by atoms with van der Waals surface area (Å²) >= 11 is 0. The van der Waals surface area contributed by atoms with Crippen molar-refractivity contribution in [1.82, 2.24) is 10.6 Å². The molecular formula is C18H26N2O3. The van der Waals surface area contributed by atoms with Crippen molar-refractivity contribution in [3.8, 4) is 0 Å². The lowest BCUT2D eigenvalue weighted by atomic mass is 9.94. The lowest BCUT2D eigenvalue weighted by Crippen LogP contribution is -2.38. The number of aliphatic hydroxyl groups excluding tert-OH is 1. The fraction of sp³-hybridized carbons (Fsp3) is 0.500. The molecule has 0 fully saturated rings. The summed E-state index contributed by atoms with van der Waals surface area (Å²) < 4.78 is 5.66. The average Bonchev–Trinajstić information content (AvgIpc) is 2.93. The SMILES string of the molecule is CC(C)CC(CCO)CNC(=O)NCc1cc2ccccc2o1. The van der Waals surface area contributed by atoms with Crippen LogP contribution in [0.15, 0.2) is 34.7 Å². The van der Waals surface area contributed by atoms with Gasteiger partial charge in [-0.05, 0) is 36.8 Å². The highest BCUT2D eigenvalue weighted by Gasteiger charge is 2.12. The zero-order valence-corrected chi connectivity index (χ0v) is 13.8. The number of rotatable bonds is 8. The second-order valence-corrected chi connectivity index (χ2v) is 6.32. The molecule has 0 aliphatic carbocycles. The van der Waals surface area contributed by atoms with Gasteiger partial charge in [-0.2, -0.15) is 0 Å². The van der Waals surface area contributed by atoms with Gasteiger partial charge in [-0.15, -0.1) is 0 Å². The second kappa shape index (κ2) is 8.58. The van der Waals surface area contributed by atoms with Gasteiger partial charge in [-0.1, -0.05) is 32.0 Å². The molecule has 5 nitrogen and oxygen atoms in total. The molecule has 0 bridgehead atoms. The van der Waals surface area contributed by atoms with Crippen LogP contribution in [0.5, 0.6) is 0 Å². The quantitative estimate of drug-likeness (QED) is 0.699. The summed E-state index contributed by atoms with van der Waals surface area (Å²) in [4.78, 5) is 11.9. The van der Waals surface area contributed by atoms with Crippen molar-refractivity contribution in [2.75, 3.05) is 13.2 Å². The zero-order chi connectivity index (χ0) is 16.7. The first-order chi connectivity index (χ1) is 11.1. The minimum atomic E-state index is -0.211. The molecule has 3 N–H and O–H groups in total. The van der Waals surface area contributed by atoms with Crippen molar-refractivity contribution in [3.05, 3.63) is 36.1 Å². The number of amides is 2. The molecule has 2 rings (SSSR count). The van der Waals surface area contributed by atoms with Crippen LogP contribution < -0.4 is 10.6 Å². The minimum absolute atomic E-state index is 0.152. The number of benzene rings is 1. The lowest BCUT2D eigenvalue weighted by molar-refractivity contribution is 0.224. The van der Waals surface area contributed by atoms with E-state index in [0.29, 0.717) is 31.3 Å². The fourth-order valence-corrected chi connectivity index (χ4v) is 2.74. The van der Waals surface area contributed by atoms with Gasteiger partial charge < -0.3 is 20.2 Å². The van der Waals surface area contributed by atoms with E-state index >= 15 is 0 Å². The highest BCUT2D eigenvalue weighted by molar-refractivity contribution is 5.78. The predicted molar refractivity (Wildman–Crippen MR) is 91.1 cm³/mol. The maximum atomic E-state index is 11.9. The monoisotopic (exact) mass is 318 g/mol. The van der Waals surface area contributed by atoms with E-state index in [0.717, 1.165) is 23.2 Å². The van der Waals surface area contributed by atoms with Crippen LogP contribution in [0.1, 0.15) is 32.4 Å². The molecule has 2 aromatic rings. The second-order valence-electron chi connectivity index (χ2n) is 6.32. The minimum Gasteiger partial charge on any atom is -0.459 e. The van der Waals surface area contributed by atoms with E-state index in [-0.39, 0.29) is 12.6 Å². The molecule has 0 aliphatic rings. The number of para-hydroxylation sites is 1. The Morgan fingerprint density at radius 3 is 2.74 bits per heavy atom. The molecule has 1 aromatic heterocycles. The van der Waals surface area contributed by atoms with Crippen LogP contribution in [0.2, 0.25) is 0 Å². The summed E-state index contributed by atoms with van der Waals surface area (Å²) in [6.45, 7) is 5.37. The Morgan fingerprint density at radius 2 is 2.04 bits per heavy atom. The van der Waals surface area contributed by atoms with Gasteiger partial charge in [0.2, 0.25) is 0 Å². The van der Waals surface area contributed by atoms with Crippen molar-refractivity contribution in [1.29, 1.82) is 0 Å². The normalized spacial score (nSPS) is 12.5. The number of hydrogen-bond donors (Lipinski definition) is 3. The van der Waals surface area contributed by atoms with E-state index in [1.165, 1.54) is 0 Å². The van der Waals surface area contributed by atoms with Gasteiger partial charge >= 0.3 is 6.03 Å². The molecule has 1 unspecified atom stereocenters. The number of carbonyl (C=O) groups excluding carboxylic acids is 1. The van der Waals surface area contributed by atoms with Crippen LogP contribution in [0, 0.1) is 11.8 Å². The van der Waals surface area contributed by atoms with Crippen molar-refractivity contribution >= 4 is 17.0 Å². The van der Waals surface area contributed by atoms with Gasteiger partial charge in [0.1, 0.15) is 11.3 Å². The molecular weight excluding hydrogens is 292 g/mol. The number of furan rings is 1. The topological polar surface area (TPSA) is 74.5 Å². The van der Waals surface area contributed by atoms with Gasteiger partial charge in [0.05, 0.1) is 6.54 Å². The molecule has 0 aliphatic heterocycles. The third kappa shape index (κ3) is 5.60. The van der Waals surface area contributed by atoms with E-state index in [9.17, 15) is 4.79 Å². The maximum absolute atomic E-state index is 11.9. The smallest absolute Gasteiger partial charge is 0.315 e. The first-order valence-corrected chi connectivity index (χ1v) is 8.18. The largest absolute Gasteiger partial charge is 0.459 e. The van der Waals surface area contributed by atoms with Crippen LogP contribution in [-0.2, 0) is 6.54 Å². The fourth-order valence-electron chi connectivity index (χ4n) is 2.74. The van der Waals surface area contributed by atoms with Gasteiger partial charge in [0.25, 0.3) is 0 Å². The first-order valence-electron chi connectivity index (χ1n) is 8.18. The molecule has 2 amide bonds. The summed E-state index contributed by atoms with van der Waals surface area (Å²) in [6, 6.07) is 9.49. The van der Waals surface area contributed by atoms with E-state index in [1.807, 2.05) is 30.3 Å². The Bertz CT molecular complexity index is 589. The molecule has 0 spiro atoms. The third-order valence-electron chi connectivity index (χ3n) is 3.79. The first kappa shape index (κ1) is 17.3. The van der Waals surface area contributed by atoms with Gasteiger partial charge in [0.15, 0.2) is 0 Å². The molecule has 0 radical (unpaired) electrons. The van der Waals surface area contributed by atoms with Crippen molar-refractivity contribution in [3.63, 3.8) is 0 Å². The van der Waals surface area contributed by atoms with Crippen LogP contribution in [0.25, 0.3) is 11.0 Å². The number of hydrogen-bond acceptors (Lipinski definition) is 3. The third-order valence-corrected chi connectivity index (χ3v) is 3.79. The highest BCUT2D eigenvalue weighted by Crippen LogP contribution is 2.18. The summed E-state index contributed by atoms with van der Waals surface area (Å²) in [5.74, 6) is 1.58. The van der Waals surface area contributed by atoms with Gasteiger partial charge in [-0.3, -0.25) is 0 Å². The summed E-state index contributed by atoms with van der Waals surface area (Å²) in [7, 11) is 0. The molecule has 1 aromatic carbocycles. The number of urea groups is 1. The summed E-state index contributed by atoms with van der Waals surface area (Å²) in [6.07, 6.45) is 1.70. The Hall–Kier alpha value is -2.01. The van der Waals surface area contributed by atoms with Crippen LogP contribution in [-0.4, -0.2) is 24.3 Å². The number of carbonyl (C=O) groups is 1. The average molecular weight is 318 g/mol. The number of fused-ring (bicyclic) bond motifs is 1. The highest BCUT2D eigenvalue weighted by atomic mass is 16.3. The van der Waals surface area contributed by atoms with Crippen LogP contribution in [0.3, 0.4) is 0 Å². The molecule has 126 valence electrons. The molecule has 0 saturated heterocycles. The van der Waals surface area contributed by atoms with Gasteiger partial charge in [-0.25, -0.2) is 4.79 Å². The molecule has 1 atom stereocenters.